The first-order valence-corrected chi connectivity index (χ1v) is 5.81. The zero-order chi connectivity index (χ0) is 13.4. The minimum atomic E-state index is -0.266. The molecule has 19 heavy (non-hydrogen) atoms. The molecule has 2 aromatic carbocycles. The van der Waals surface area contributed by atoms with Crippen LogP contribution in [0.2, 0.25) is 0 Å². The fraction of sp³-hybridized carbons (Fsp3) is 0.0714. The summed E-state index contributed by atoms with van der Waals surface area (Å²) < 4.78 is 13.8. The van der Waals surface area contributed by atoms with E-state index in [2.05, 4.69) is 15.0 Å². The van der Waals surface area contributed by atoms with Crippen LogP contribution in [0.15, 0.2) is 36.4 Å². The van der Waals surface area contributed by atoms with E-state index in [0.717, 1.165) is 10.9 Å². The molecule has 2 N–H and O–H groups in total. The zero-order valence-electron chi connectivity index (χ0n) is 10.3. The van der Waals surface area contributed by atoms with Gasteiger partial charge in [0.05, 0.1) is 0 Å². The molecule has 94 valence electrons. The number of hydrogen-bond acceptors (Lipinski definition) is 4. The molecule has 0 atom stereocenters. The number of anilines is 1. The van der Waals surface area contributed by atoms with Gasteiger partial charge < -0.3 is 5.73 Å². The van der Waals surface area contributed by atoms with Gasteiger partial charge in [0, 0.05) is 10.9 Å². The lowest BCUT2D eigenvalue weighted by atomic mass is 10.0. The number of nitrogens with two attached hydrogens (primary N) is 1. The van der Waals surface area contributed by atoms with Crippen molar-refractivity contribution in [3.63, 3.8) is 0 Å². The number of aromatic nitrogens is 3. The van der Waals surface area contributed by atoms with Gasteiger partial charge in [-0.05, 0) is 24.4 Å². The second-order valence-corrected chi connectivity index (χ2v) is 4.20. The summed E-state index contributed by atoms with van der Waals surface area (Å²) >= 11 is 0. The van der Waals surface area contributed by atoms with Crippen LogP contribution in [0.1, 0.15) is 5.82 Å². The van der Waals surface area contributed by atoms with E-state index in [1.807, 2.05) is 12.1 Å². The number of fused-ring (bicyclic) bond motifs is 1. The minimum Gasteiger partial charge on any atom is -0.368 e. The summed E-state index contributed by atoms with van der Waals surface area (Å²) in [5, 5.41) is 1.30. The maximum Gasteiger partial charge on any atom is 0.223 e. The van der Waals surface area contributed by atoms with Gasteiger partial charge in [-0.15, -0.1) is 0 Å². The quantitative estimate of drug-likeness (QED) is 0.725. The highest BCUT2D eigenvalue weighted by atomic mass is 19.1. The van der Waals surface area contributed by atoms with Crippen LogP contribution in [0.25, 0.3) is 22.2 Å². The molecule has 0 unspecified atom stereocenters. The van der Waals surface area contributed by atoms with Crippen molar-refractivity contribution in [1.82, 2.24) is 15.0 Å². The Morgan fingerprint density at radius 2 is 1.68 bits per heavy atom. The van der Waals surface area contributed by atoms with Gasteiger partial charge in [-0.1, -0.05) is 24.3 Å². The van der Waals surface area contributed by atoms with Gasteiger partial charge in [-0.25, -0.2) is 9.37 Å². The predicted octanol–water partition coefficient (Wildman–Crippen LogP) is 2.72. The normalized spacial score (nSPS) is 10.8. The first kappa shape index (κ1) is 11.5. The molecular weight excluding hydrogens is 243 g/mol. The van der Waals surface area contributed by atoms with E-state index in [0.29, 0.717) is 17.0 Å². The first-order valence-electron chi connectivity index (χ1n) is 5.81. The average Bonchev–Trinajstić information content (AvgIpc) is 2.38. The number of nitrogen functional groups attached to an aromatic ring is 1. The molecule has 3 aromatic rings. The second kappa shape index (κ2) is 4.28. The number of hydrogen-bond donors (Lipinski definition) is 1. The van der Waals surface area contributed by atoms with Crippen LogP contribution in [0, 0.1) is 12.7 Å². The summed E-state index contributed by atoms with van der Waals surface area (Å²) in [5.41, 5.74) is 6.38. The largest absolute Gasteiger partial charge is 0.368 e. The van der Waals surface area contributed by atoms with Gasteiger partial charge in [0.2, 0.25) is 5.95 Å². The molecule has 0 aliphatic heterocycles. The average molecular weight is 254 g/mol. The Balaban J connectivity index is 2.34. The fourth-order valence-corrected chi connectivity index (χ4v) is 2.08. The molecule has 0 saturated carbocycles. The Morgan fingerprint density at radius 1 is 0.947 bits per heavy atom. The van der Waals surface area contributed by atoms with Crippen LogP contribution < -0.4 is 5.73 Å². The number of halogens is 1. The van der Waals surface area contributed by atoms with Crippen molar-refractivity contribution in [3.8, 4) is 11.4 Å². The molecule has 1 heterocycles. The number of rotatable bonds is 1. The van der Waals surface area contributed by atoms with E-state index in [1.54, 1.807) is 25.1 Å². The third-order valence-electron chi connectivity index (χ3n) is 2.88. The van der Waals surface area contributed by atoms with E-state index in [1.165, 1.54) is 6.07 Å². The molecule has 1 aromatic heterocycles. The molecule has 5 heteroatoms. The van der Waals surface area contributed by atoms with Crippen molar-refractivity contribution in [3.05, 3.63) is 48.0 Å². The van der Waals surface area contributed by atoms with Crippen molar-refractivity contribution in [1.29, 1.82) is 0 Å². The van der Waals surface area contributed by atoms with Crippen molar-refractivity contribution >= 4 is 16.7 Å². The van der Waals surface area contributed by atoms with Crippen molar-refractivity contribution in [2.45, 2.75) is 6.92 Å². The Kier molecular flexibility index (Phi) is 2.59. The summed E-state index contributed by atoms with van der Waals surface area (Å²) in [6.07, 6.45) is 0. The lowest BCUT2D eigenvalue weighted by Gasteiger charge is -2.07. The SMILES string of the molecule is Cc1nc(N)nc(-c2ccc(F)c3ccccc23)n1. The summed E-state index contributed by atoms with van der Waals surface area (Å²) in [6.45, 7) is 1.74. The number of nitrogens with zero attached hydrogens (tertiary/aromatic N) is 3. The third-order valence-corrected chi connectivity index (χ3v) is 2.88. The van der Waals surface area contributed by atoms with E-state index >= 15 is 0 Å². The lowest BCUT2D eigenvalue weighted by molar-refractivity contribution is 0.640. The van der Waals surface area contributed by atoms with E-state index in [4.69, 9.17) is 5.73 Å². The molecular formula is C14H11FN4. The summed E-state index contributed by atoms with van der Waals surface area (Å²) in [4.78, 5) is 12.3. The van der Waals surface area contributed by atoms with Crippen LogP contribution in [-0.2, 0) is 0 Å². The van der Waals surface area contributed by atoms with Crippen LogP contribution in [-0.4, -0.2) is 15.0 Å². The molecule has 0 fully saturated rings. The molecule has 0 bridgehead atoms. The van der Waals surface area contributed by atoms with E-state index in [-0.39, 0.29) is 11.8 Å². The Hall–Kier alpha value is -2.56. The topological polar surface area (TPSA) is 64.7 Å². The standard InChI is InChI=1S/C14H11FN4/c1-8-17-13(19-14(16)18-8)11-6-7-12(15)10-5-3-2-4-9(10)11/h2-7H,1H3,(H2,16,17,18,19). The highest BCUT2D eigenvalue weighted by Crippen LogP contribution is 2.28. The van der Waals surface area contributed by atoms with Gasteiger partial charge in [-0.2, -0.15) is 9.97 Å². The van der Waals surface area contributed by atoms with E-state index < -0.39 is 0 Å². The molecule has 4 nitrogen and oxygen atoms in total. The zero-order valence-corrected chi connectivity index (χ0v) is 10.3. The maximum absolute atomic E-state index is 13.8. The Bertz CT molecular complexity index is 750. The molecule has 0 aliphatic rings. The van der Waals surface area contributed by atoms with Gasteiger partial charge in [0.25, 0.3) is 0 Å². The number of aryl methyl sites for hydroxylation is 1. The minimum absolute atomic E-state index is 0.163. The summed E-state index contributed by atoms with van der Waals surface area (Å²) in [7, 11) is 0. The molecule has 0 radical (unpaired) electrons. The van der Waals surface area contributed by atoms with Gasteiger partial charge >= 0.3 is 0 Å². The maximum atomic E-state index is 13.8. The molecule has 0 aliphatic carbocycles. The predicted molar refractivity (Wildman–Crippen MR) is 71.9 cm³/mol. The smallest absolute Gasteiger partial charge is 0.223 e. The monoisotopic (exact) mass is 254 g/mol. The van der Waals surface area contributed by atoms with Gasteiger partial charge in [-0.3, -0.25) is 0 Å². The highest BCUT2D eigenvalue weighted by molar-refractivity contribution is 5.95. The van der Waals surface area contributed by atoms with Crippen molar-refractivity contribution in [2.75, 3.05) is 5.73 Å². The number of benzene rings is 2. The van der Waals surface area contributed by atoms with Gasteiger partial charge in [0.15, 0.2) is 5.82 Å². The van der Waals surface area contributed by atoms with E-state index in [9.17, 15) is 4.39 Å². The summed E-state index contributed by atoms with van der Waals surface area (Å²) in [6, 6.07) is 10.3. The molecule has 3 rings (SSSR count). The highest BCUT2D eigenvalue weighted by Gasteiger charge is 2.10. The molecule has 0 spiro atoms. The third kappa shape index (κ3) is 1.99. The fourth-order valence-electron chi connectivity index (χ4n) is 2.08. The van der Waals surface area contributed by atoms with Crippen LogP contribution in [0.3, 0.4) is 0 Å². The van der Waals surface area contributed by atoms with Gasteiger partial charge in [0.1, 0.15) is 11.6 Å². The molecule has 0 amide bonds. The first-order chi connectivity index (χ1) is 9.15. The van der Waals surface area contributed by atoms with Crippen LogP contribution in [0.4, 0.5) is 10.3 Å². The van der Waals surface area contributed by atoms with Crippen molar-refractivity contribution in [2.24, 2.45) is 0 Å². The second-order valence-electron chi connectivity index (χ2n) is 4.20. The van der Waals surface area contributed by atoms with Crippen molar-refractivity contribution < 1.29 is 4.39 Å². The Labute approximate surface area is 109 Å². The Morgan fingerprint density at radius 3 is 2.42 bits per heavy atom. The lowest BCUT2D eigenvalue weighted by Crippen LogP contribution is -2.02. The van der Waals surface area contributed by atoms with Crippen LogP contribution >= 0.6 is 0 Å². The van der Waals surface area contributed by atoms with Crippen LogP contribution in [0.5, 0.6) is 0 Å². The summed E-state index contributed by atoms with van der Waals surface area (Å²) in [5.74, 6) is 0.895. The molecule has 0 saturated heterocycles.